The molecule has 0 radical (unpaired) electrons. The minimum Gasteiger partial charge on any atom is -0.355 e. The Kier molecular flexibility index (Phi) is 5.66. The number of rotatable bonds is 7. The Hall–Kier alpha value is -1.58. The number of aryl methyl sites for hydroxylation is 1. The number of benzene rings is 1. The number of primary sulfonamides is 1. The third kappa shape index (κ3) is 4.24. The number of imidazole rings is 1. The van der Waals surface area contributed by atoms with Crippen molar-refractivity contribution in [1.29, 1.82) is 0 Å². The predicted octanol–water partition coefficient (Wildman–Crippen LogP) is 1.32. The van der Waals surface area contributed by atoms with Gasteiger partial charge in [-0.15, -0.1) is 0 Å². The summed E-state index contributed by atoms with van der Waals surface area (Å²) in [5.41, 5.74) is 1.37. The number of fused-ring (bicyclic) bond motifs is 1. The Morgan fingerprint density at radius 2 is 2.13 bits per heavy atom. The maximum Gasteiger partial charge on any atom is 0.238 e. The number of thioether (sulfide) groups is 1. The van der Waals surface area contributed by atoms with E-state index in [0.717, 1.165) is 11.9 Å². The molecule has 1 aromatic carbocycles. The third-order valence-electron chi connectivity index (χ3n) is 3.23. The first-order valence-electron chi connectivity index (χ1n) is 7.29. The minimum absolute atomic E-state index is 0.0305. The van der Waals surface area contributed by atoms with Crippen LogP contribution in [0.25, 0.3) is 11.0 Å². The van der Waals surface area contributed by atoms with E-state index in [0.29, 0.717) is 23.8 Å². The fourth-order valence-electron chi connectivity index (χ4n) is 2.13. The van der Waals surface area contributed by atoms with Crippen LogP contribution in [-0.4, -0.2) is 36.2 Å². The summed E-state index contributed by atoms with van der Waals surface area (Å²) in [6, 6.07) is 4.61. The van der Waals surface area contributed by atoms with Crippen LogP contribution in [0.1, 0.15) is 20.3 Å². The van der Waals surface area contributed by atoms with Gasteiger partial charge in [0.05, 0.1) is 21.7 Å². The van der Waals surface area contributed by atoms with E-state index in [1.165, 1.54) is 23.9 Å². The first-order chi connectivity index (χ1) is 10.9. The number of hydrogen-bond donors (Lipinski definition) is 2. The average Bonchev–Trinajstić information content (AvgIpc) is 2.86. The molecule has 126 valence electrons. The summed E-state index contributed by atoms with van der Waals surface area (Å²) in [5, 5.41) is 8.64. The fraction of sp³-hybridized carbons (Fsp3) is 0.429. The van der Waals surface area contributed by atoms with Crippen molar-refractivity contribution >= 4 is 38.7 Å². The molecular formula is C14H20N4O3S2. The van der Waals surface area contributed by atoms with Gasteiger partial charge in [-0.2, -0.15) is 0 Å². The Morgan fingerprint density at radius 1 is 1.39 bits per heavy atom. The summed E-state index contributed by atoms with van der Waals surface area (Å²) >= 11 is 1.33. The summed E-state index contributed by atoms with van der Waals surface area (Å²) in [6.07, 6.45) is 0.889. The normalized spacial score (nSPS) is 11.8. The fourth-order valence-corrected chi connectivity index (χ4v) is 3.57. The molecule has 1 aromatic heterocycles. The van der Waals surface area contributed by atoms with E-state index in [9.17, 15) is 13.2 Å². The Labute approximate surface area is 139 Å². The predicted molar refractivity (Wildman–Crippen MR) is 90.8 cm³/mol. The summed E-state index contributed by atoms with van der Waals surface area (Å²) in [7, 11) is -3.76. The van der Waals surface area contributed by atoms with Crippen molar-refractivity contribution in [3.05, 3.63) is 18.2 Å². The molecule has 7 nitrogen and oxygen atoms in total. The van der Waals surface area contributed by atoms with Crippen molar-refractivity contribution in [2.75, 3.05) is 12.3 Å². The first-order valence-corrected chi connectivity index (χ1v) is 9.82. The van der Waals surface area contributed by atoms with E-state index in [1.54, 1.807) is 6.07 Å². The molecule has 0 atom stereocenters. The van der Waals surface area contributed by atoms with E-state index in [4.69, 9.17) is 5.14 Å². The van der Waals surface area contributed by atoms with Crippen LogP contribution >= 0.6 is 11.8 Å². The highest BCUT2D eigenvalue weighted by atomic mass is 32.2. The highest BCUT2D eigenvalue weighted by Gasteiger charge is 2.15. The van der Waals surface area contributed by atoms with E-state index >= 15 is 0 Å². The van der Waals surface area contributed by atoms with E-state index in [2.05, 4.69) is 10.3 Å². The van der Waals surface area contributed by atoms with Crippen LogP contribution in [0, 0.1) is 0 Å². The lowest BCUT2D eigenvalue weighted by Crippen LogP contribution is -2.25. The monoisotopic (exact) mass is 356 g/mol. The van der Waals surface area contributed by atoms with Crippen molar-refractivity contribution in [1.82, 2.24) is 14.9 Å². The maximum atomic E-state index is 11.7. The van der Waals surface area contributed by atoms with Gasteiger partial charge in [-0.1, -0.05) is 18.7 Å². The standard InChI is InChI=1S/C14H20N4O3S2/c1-3-7-16-13(19)9-22-14-17-11-8-10(23(15,20)21)5-6-12(11)18(14)4-2/h5-6,8H,3-4,7,9H2,1-2H3,(H,16,19)(H2,15,20,21). The van der Waals surface area contributed by atoms with E-state index in [-0.39, 0.29) is 16.6 Å². The van der Waals surface area contributed by atoms with Crippen LogP contribution in [0.4, 0.5) is 0 Å². The second kappa shape index (κ2) is 7.33. The molecule has 1 heterocycles. The number of aromatic nitrogens is 2. The number of amides is 1. The van der Waals surface area contributed by atoms with Crippen LogP contribution in [0.5, 0.6) is 0 Å². The van der Waals surface area contributed by atoms with E-state index in [1.807, 2.05) is 18.4 Å². The van der Waals surface area contributed by atoms with Gasteiger partial charge in [-0.3, -0.25) is 4.79 Å². The SMILES string of the molecule is CCCNC(=O)CSc1nc2cc(S(N)(=O)=O)ccc2n1CC. The number of nitrogens with zero attached hydrogens (tertiary/aromatic N) is 2. The number of carbonyl (C=O) groups excluding carboxylic acids is 1. The molecule has 0 aliphatic carbocycles. The molecule has 0 aliphatic rings. The molecule has 23 heavy (non-hydrogen) atoms. The molecule has 0 bridgehead atoms. The third-order valence-corrected chi connectivity index (χ3v) is 5.12. The van der Waals surface area contributed by atoms with Crippen LogP contribution in [0.3, 0.4) is 0 Å². The van der Waals surface area contributed by atoms with Gasteiger partial charge < -0.3 is 9.88 Å². The lowest BCUT2D eigenvalue weighted by Gasteiger charge is -2.06. The maximum absolute atomic E-state index is 11.7. The number of hydrogen-bond acceptors (Lipinski definition) is 5. The van der Waals surface area contributed by atoms with Crippen molar-refractivity contribution in [3.8, 4) is 0 Å². The van der Waals surface area contributed by atoms with Gasteiger partial charge in [0.1, 0.15) is 0 Å². The largest absolute Gasteiger partial charge is 0.355 e. The Bertz CT molecular complexity index is 815. The second-order valence-electron chi connectivity index (χ2n) is 4.97. The molecule has 1 amide bonds. The average molecular weight is 356 g/mol. The molecular weight excluding hydrogens is 336 g/mol. The highest BCUT2D eigenvalue weighted by molar-refractivity contribution is 7.99. The zero-order chi connectivity index (χ0) is 17.0. The van der Waals surface area contributed by atoms with Gasteiger partial charge in [0.25, 0.3) is 0 Å². The molecule has 0 aliphatic heterocycles. The highest BCUT2D eigenvalue weighted by Crippen LogP contribution is 2.25. The van der Waals surface area contributed by atoms with Crippen molar-refractivity contribution in [2.45, 2.75) is 36.9 Å². The van der Waals surface area contributed by atoms with E-state index < -0.39 is 10.0 Å². The van der Waals surface area contributed by atoms with Crippen molar-refractivity contribution in [2.24, 2.45) is 5.14 Å². The van der Waals surface area contributed by atoms with Gasteiger partial charge in [-0.25, -0.2) is 18.5 Å². The van der Waals surface area contributed by atoms with Crippen LogP contribution in [0.15, 0.2) is 28.3 Å². The van der Waals surface area contributed by atoms with Crippen LogP contribution in [-0.2, 0) is 21.4 Å². The van der Waals surface area contributed by atoms with Gasteiger partial charge in [-0.05, 0) is 31.5 Å². The zero-order valence-corrected chi connectivity index (χ0v) is 14.7. The van der Waals surface area contributed by atoms with Gasteiger partial charge in [0.15, 0.2) is 5.16 Å². The van der Waals surface area contributed by atoms with Gasteiger partial charge >= 0.3 is 0 Å². The lowest BCUT2D eigenvalue weighted by atomic mass is 10.3. The summed E-state index contributed by atoms with van der Waals surface area (Å²) in [5.74, 6) is 0.225. The zero-order valence-electron chi connectivity index (χ0n) is 13.1. The number of nitrogens with one attached hydrogen (secondary N) is 1. The molecule has 2 aromatic rings. The van der Waals surface area contributed by atoms with Crippen LogP contribution < -0.4 is 10.5 Å². The minimum atomic E-state index is -3.76. The van der Waals surface area contributed by atoms with Gasteiger partial charge in [0.2, 0.25) is 15.9 Å². The molecule has 9 heteroatoms. The molecule has 0 saturated heterocycles. The first kappa shape index (κ1) is 17.8. The molecule has 0 saturated carbocycles. The quantitative estimate of drug-likeness (QED) is 0.728. The molecule has 0 fully saturated rings. The molecule has 0 unspecified atom stereocenters. The summed E-state index contributed by atoms with van der Waals surface area (Å²) in [4.78, 5) is 16.2. The topological polar surface area (TPSA) is 107 Å². The van der Waals surface area contributed by atoms with Gasteiger partial charge in [0, 0.05) is 13.1 Å². The smallest absolute Gasteiger partial charge is 0.238 e. The molecule has 0 spiro atoms. The molecule has 3 N–H and O–H groups in total. The Morgan fingerprint density at radius 3 is 2.74 bits per heavy atom. The van der Waals surface area contributed by atoms with Crippen molar-refractivity contribution in [3.63, 3.8) is 0 Å². The lowest BCUT2D eigenvalue weighted by molar-refractivity contribution is -0.118. The Balaban J connectivity index is 2.28. The summed E-state index contributed by atoms with van der Waals surface area (Å²) < 4.78 is 24.8. The molecule has 2 rings (SSSR count). The van der Waals surface area contributed by atoms with Crippen molar-refractivity contribution < 1.29 is 13.2 Å². The second-order valence-corrected chi connectivity index (χ2v) is 7.48. The summed E-state index contributed by atoms with van der Waals surface area (Å²) in [6.45, 7) is 5.29. The number of sulfonamides is 1. The number of nitrogens with two attached hydrogens (primary N) is 1. The number of carbonyl (C=O) groups is 1. The van der Waals surface area contributed by atoms with Crippen LogP contribution in [0.2, 0.25) is 0 Å².